The molecule has 0 aliphatic heterocycles. The fourth-order valence-electron chi connectivity index (χ4n) is 1.44. The third-order valence-corrected chi connectivity index (χ3v) is 3.11. The van der Waals surface area contributed by atoms with Crippen molar-refractivity contribution >= 4 is 27.5 Å². The van der Waals surface area contributed by atoms with E-state index < -0.39 is 6.61 Å². The van der Waals surface area contributed by atoms with Crippen LogP contribution in [0, 0.1) is 11.3 Å². The minimum atomic E-state index is -3.03. The number of aryl methyl sites for hydroxylation is 1. The summed E-state index contributed by atoms with van der Waals surface area (Å²) in [7, 11) is 1.39. The summed E-state index contributed by atoms with van der Waals surface area (Å²) in [4.78, 5) is 0. The Morgan fingerprint density at radius 1 is 1.53 bits per heavy atom. The Labute approximate surface area is 119 Å². The molecular formula is C9H5BrClF2N5O. The summed E-state index contributed by atoms with van der Waals surface area (Å²) in [6, 6.07) is 1.90. The smallest absolute Gasteiger partial charge is 0.388 e. The number of aromatic amines is 1. The Kier molecular flexibility index (Phi) is 3.73. The molecule has 0 amide bonds. The van der Waals surface area contributed by atoms with Crippen molar-refractivity contribution in [1.82, 2.24) is 20.0 Å². The standard InChI is InChI=1S/C9H5BrClF2N5O/c1-18-8(19-9(12)13)4(11)6(17-18)5-3(2-14)7(10)16-15-5/h9H,1H3,(H,15,16). The fourth-order valence-corrected chi connectivity index (χ4v) is 2.10. The predicted octanol–water partition coefficient (Wildman–Crippen LogP) is 2.70. The fraction of sp³-hybridized carbons (Fsp3) is 0.222. The highest BCUT2D eigenvalue weighted by Crippen LogP contribution is 2.37. The van der Waals surface area contributed by atoms with Crippen LogP contribution < -0.4 is 4.74 Å². The second-order valence-electron chi connectivity index (χ2n) is 3.34. The highest BCUT2D eigenvalue weighted by atomic mass is 79.9. The van der Waals surface area contributed by atoms with Crippen LogP contribution >= 0.6 is 27.5 Å². The van der Waals surface area contributed by atoms with Gasteiger partial charge in [-0.2, -0.15) is 24.2 Å². The first-order valence-electron chi connectivity index (χ1n) is 4.77. The molecule has 0 atom stereocenters. The van der Waals surface area contributed by atoms with Crippen molar-refractivity contribution in [3.63, 3.8) is 0 Å². The van der Waals surface area contributed by atoms with Gasteiger partial charge in [0.25, 0.3) is 0 Å². The van der Waals surface area contributed by atoms with E-state index in [2.05, 4.69) is 36.0 Å². The molecule has 0 aliphatic carbocycles. The summed E-state index contributed by atoms with van der Waals surface area (Å²) >= 11 is 9.02. The number of rotatable bonds is 3. The largest absolute Gasteiger partial charge is 0.416 e. The molecule has 2 rings (SSSR count). The Hall–Kier alpha value is -1.66. The van der Waals surface area contributed by atoms with E-state index in [-0.39, 0.29) is 27.9 Å². The lowest BCUT2D eigenvalue weighted by molar-refractivity contribution is -0.0552. The zero-order valence-corrected chi connectivity index (χ0v) is 11.6. The third kappa shape index (κ3) is 2.41. The van der Waals surface area contributed by atoms with Crippen molar-refractivity contribution in [3.8, 4) is 23.3 Å². The van der Waals surface area contributed by atoms with Gasteiger partial charge in [0.2, 0.25) is 5.88 Å². The normalized spacial score (nSPS) is 10.8. The van der Waals surface area contributed by atoms with Gasteiger partial charge in [-0.15, -0.1) is 0 Å². The van der Waals surface area contributed by atoms with E-state index >= 15 is 0 Å². The lowest BCUT2D eigenvalue weighted by atomic mass is 10.2. The van der Waals surface area contributed by atoms with Gasteiger partial charge in [0.15, 0.2) is 0 Å². The lowest BCUT2D eigenvalue weighted by Crippen LogP contribution is -2.06. The summed E-state index contributed by atoms with van der Waals surface area (Å²) in [6.07, 6.45) is 0. The van der Waals surface area contributed by atoms with Gasteiger partial charge in [-0.1, -0.05) is 11.6 Å². The molecule has 10 heteroatoms. The Bertz CT molecular complexity index is 662. The first-order valence-corrected chi connectivity index (χ1v) is 5.94. The number of hydrogen-bond acceptors (Lipinski definition) is 4. The van der Waals surface area contributed by atoms with Crippen LogP contribution in [0.1, 0.15) is 5.56 Å². The van der Waals surface area contributed by atoms with Crippen molar-refractivity contribution in [2.45, 2.75) is 6.61 Å². The quantitative estimate of drug-likeness (QED) is 0.921. The maximum atomic E-state index is 12.2. The molecule has 6 nitrogen and oxygen atoms in total. The number of H-pyrrole nitrogens is 1. The van der Waals surface area contributed by atoms with Gasteiger partial charge in [-0.25, -0.2) is 4.68 Å². The highest BCUT2D eigenvalue weighted by Gasteiger charge is 2.24. The van der Waals surface area contributed by atoms with E-state index in [0.29, 0.717) is 4.60 Å². The summed E-state index contributed by atoms with van der Waals surface area (Å²) in [5, 5.41) is 19.2. The first-order chi connectivity index (χ1) is 8.95. The number of ether oxygens (including phenoxy) is 1. The van der Waals surface area contributed by atoms with Crippen molar-refractivity contribution in [3.05, 3.63) is 15.2 Å². The molecular weight excluding hydrogens is 347 g/mol. The molecule has 0 radical (unpaired) electrons. The lowest BCUT2D eigenvalue weighted by Gasteiger charge is -2.03. The molecule has 0 aliphatic rings. The van der Waals surface area contributed by atoms with E-state index in [0.717, 1.165) is 4.68 Å². The molecule has 100 valence electrons. The number of nitrogens with zero attached hydrogens (tertiary/aromatic N) is 4. The molecule has 0 aromatic carbocycles. The number of alkyl halides is 2. The third-order valence-electron chi connectivity index (χ3n) is 2.20. The van der Waals surface area contributed by atoms with Gasteiger partial charge in [0.1, 0.15) is 32.6 Å². The number of nitriles is 1. The summed E-state index contributed by atoms with van der Waals surface area (Å²) in [5.41, 5.74) is 0.404. The Balaban J connectivity index is 2.55. The zero-order valence-electron chi connectivity index (χ0n) is 9.29. The maximum Gasteiger partial charge on any atom is 0.388 e. The minimum absolute atomic E-state index is 0.0818. The van der Waals surface area contributed by atoms with Gasteiger partial charge in [0, 0.05) is 7.05 Å². The van der Waals surface area contributed by atoms with Gasteiger partial charge >= 0.3 is 6.61 Å². The van der Waals surface area contributed by atoms with Crippen LogP contribution in [0.3, 0.4) is 0 Å². The second-order valence-corrected chi connectivity index (χ2v) is 4.51. The maximum absolute atomic E-state index is 12.2. The van der Waals surface area contributed by atoms with Crippen LogP contribution in [0.4, 0.5) is 8.78 Å². The van der Waals surface area contributed by atoms with Crippen molar-refractivity contribution < 1.29 is 13.5 Å². The van der Waals surface area contributed by atoms with Crippen LogP contribution in [0.25, 0.3) is 11.4 Å². The highest BCUT2D eigenvalue weighted by molar-refractivity contribution is 9.10. The second kappa shape index (κ2) is 5.14. The molecule has 0 bridgehead atoms. The van der Waals surface area contributed by atoms with Gasteiger partial charge in [-0.05, 0) is 15.9 Å². The topological polar surface area (TPSA) is 79.5 Å². The van der Waals surface area contributed by atoms with Gasteiger partial charge in [-0.3, -0.25) is 5.10 Å². The van der Waals surface area contributed by atoms with E-state index in [1.165, 1.54) is 7.05 Å². The van der Waals surface area contributed by atoms with Crippen LogP contribution in [0.2, 0.25) is 5.02 Å². The van der Waals surface area contributed by atoms with Crippen molar-refractivity contribution in [2.75, 3.05) is 0 Å². The molecule has 0 spiro atoms. The van der Waals surface area contributed by atoms with E-state index in [4.69, 9.17) is 16.9 Å². The summed E-state index contributed by atoms with van der Waals surface area (Å²) in [6.45, 7) is -3.03. The average Bonchev–Trinajstić information content (AvgIpc) is 2.83. The van der Waals surface area contributed by atoms with E-state index in [9.17, 15) is 8.78 Å². The van der Waals surface area contributed by atoms with Crippen molar-refractivity contribution in [2.24, 2.45) is 7.05 Å². The minimum Gasteiger partial charge on any atom is -0.416 e. The molecule has 2 aromatic rings. The molecule has 0 fully saturated rings. The molecule has 2 heterocycles. The zero-order chi connectivity index (χ0) is 14.2. The number of halogens is 4. The van der Waals surface area contributed by atoms with E-state index in [1.54, 1.807) is 0 Å². The average molecular weight is 353 g/mol. The summed E-state index contributed by atoms with van der Waals surface area (Å²) in [5.74, 6) is -0.297. The molecule has 0 saturated heterocycles. The van der Waals surface area contributed by atoms with Crippen LogP contribution in [-0.2, 0) is 7.05 Å². The van der Waals surface area contributed by atoms with Gasteiger partial charge in [0.05, 0.1) is 0 Å². The molecule has 0 saturated carbocycles. The number of nitrogens with one attached hydrogen (secondary N) is 1. The van der Waals surface area contributed by atoms with Gasteiger partial charge < -0.3 is 4.74 Å². The van der Waals surface area contributed by atoms with Crippen molar-refractivity contribution in [1.29, 1.82) is 5.26 Å². The number of aromatic nitrogens is 4. The molecule has 2 aromatic heterocycles. The molecule has 0 unspecified atom stereocenters. The summed E-state index contributed by atoms with van der Waals surface area (Å²) < 4.78 is 30.1. The molecule has 19 heavy (non-hydrogen) atoms. The first kappa shape index (κ1) is 13.8. The Morgan fingerprint density at radius 2 is 2.21 bits per heavy atom. The molecule has 1 N–H and O–H groups in total. The number of hydrogen-bond donors (Lipinski definition) is 1. The van der Waals surface area contributed by atoms with Crippen LogP contribution in [0.5, 0.6) is 5.88 Å². The van der Waals surface area contributed by atoms with E-state index in [1.807, 2.05) is 6.07 Å². The van der Waals surface area contributed by atoms with Crippen LogP contribution in [0.15, 0.2) is 4.60 Å². The van der Waals surface area contributed by atoms with Crippen LogP contribution in [-0.4, -0.2) is 26.6 Å². The Morgan fingerprint density at radius 3 is 2.79 bits per heavy atom. The predicted molar refractivity (Wildman–Crippen MR) is 64.8 cm³/mol. The SMILES string of the molecule is Cn1nc(-c2n[nH]c(Br)c2C#N)c(Cl)c1OC(F)F. The monoisotopic (exact) mass is 351 g/mol.